The third-order valence-corrected chi connectivity index (χ3v) is 7.92. The van der Waals surface area contributed by atoms with Gasteiger partial charge in [-0.25, -0.2) is 10.2 Å². The number of aliphatic hydroxyl groups excluding tert-OH is 2. The largest absolute Gasteiger partial charge is 0.489 e. The number of aliphatic hydroxyl groups is 2. The zero-order chi connectivity index (χ0) is 26.0. The first-order valence-electron chi connectivity index (χ1n) is 11.8. The Bertz CT molecular complexity index is 1310. The normalized spacial score (nSPS) is 30.4. The number of carbonyl (C=O) groups excluding carboxylic acids is 2. The van der Waals surface area contributed by atoms with Gasteiger partial charge in [-0.05, 0) is 30.5 Å². The molecule has 4 aliphatic rings. The maximum Gasteiger partial charge on any atom is 0.332 e. The number of amides is 3. The second-order valence-corrected chi connectivity index (χ2v) is 10.3. The van der Waals surface area contributed by atoms with Crippen LogP contribution in [0.25, 0.3) is 0 Å². The van der Waals surface area contributed by atoms with E-state index in [2.05, 4.69) is 28.8 Å². The minimum Gasteiger partial charge on any atom is -0.489 e. The summed E-state index contributed by atoms with van der Waals surface area (Å²) in [6.45, 7) is 7.83. The van der Waals surface area contributed by atoms with E-state index < -0.39 is 28.7 Å². The van der Waals surface area contributed by atoms with E-state index in [0.29, 0.717) is 34.8 Å². The quantitative estimate of drug-likeness (QED) is 0.403. The molecule has 5 rings (SSSR count). The Morgan fingerprint density at radius 1 is 1.33 bits per heavy atom. The summed E-state index contributed by atoms with van der Waals surface area (Å²) in [4.78, 5) is 23.9. The molecule has 2 heterocycles. The summed E-state index contributed by atoms with van der Waals surface area (Å²) in [7, 11) is 0. The Labute approximate surface area is 208 Å². The summed E-state index contributed by atoms with van der Waals surface area (Å²) in [5, 5.41) is 27.0. The molecular formula is C26H30N4O6. The third kappa shape index (κ3) is 3.14. The van der Waals surface area contributed by atoms with Crippen LogP contribution in [0.2, 0.25) is 0 Å². The second kappa shape index (κ2) is 7.94. The van der Waals surface area contributed by atoms with Crippen LogP contribution in [0.4, 0.5) is 4.79 Å². The first-order chi connectivity index (χ1) is 17.0. The smallest absolute Gasteiger partial charge is 0.332 e. The van der Waals surface area contributed by atoms with E-state index >= 15 is 0 Å². The Morgan fingerprint density at radius 3 is 2.78 bits per heavy atom. The van der Waals surface area contributed by atoms with E-state index in [1.54, 1.807) is 6.07 Å². The van der Waals surface area contributed by atoms with Crippen LogP contribution in [0.1, 0.15) is 55.4 Å². The molecule has 10 nitrogen and oxygen atoms in total. The fraction of sp³-hybridized carbons (Fsp3) is 0.423. The van der Waals surface area contributed by atoms with Gasteiger partial charge in [0, 0.05) is 16.9 Å². The van der Waals surface area contributed by atoms with Gasteiger partial charge >= 0.3 is 6.03 Å². The molecule has 1 aromatic carbocycles. The van der Waals surface area contributed by atoms with Gasteiger partial charge in [-0.15, -0.1) is 0 Å². The molecule has 1 spiro atoms. The number of nitrogens with one attached hydrogen (secondary N) is 2. The van der Waals surface area contributed by atoms with Gasteiger partial charge in [0.15, 0.2) is 11.8 Å². The number of nitrogens with zero attached hydrogens (tertiary/aromatic N) is 1. The average molecular weight is 495 g/mol. The van der Waals surface area contributed by atoms with Crippen molar-refractivity contribution in [1.82, 2.24) is 10.7 Å². The lowest BCUT2D eigenvalue weighted by Crippen LogP contribution is -2.62. The Morgan fingerprint density at radius 2 is 2.08 bits per heavy atom. The van der Waals surface area contributed by atoms with Crippen molar-refractivity contribution in [2.24, 2.45) is 21.7 Å². The number of hydrogen-bond acceptors (Lipinski definition) is 7. The lowest BCUT2D eigenvalue weighted by molar-refractivity contribution is 0.00212. The van der Waals surface area contributed by atoms with Crippen molar-refractivity contribution in [3.8, 4) is 5.75 Å². The van der Waals surface area contributed by atoms with Crippen LogP contribution in [0.3, 0.4) is 0 Å². The number of fused-ring (bicyclic) bond motifs is 3. The van der Waals surface area contributed by atoms with Crippen molar-refractivity contribution in [2.45, 2.75) is 45.9 Å². The highest BCUT2D eigenvalue weighted by Gasteiger charge is 2.63. The molecule has 0 bridgehead atoms. The average Bonchev–Trinajstić information content (AvgIpc) is 3.09. The molecule has 0 aromatic heterocycles. The minimum atomic E-state index is -1.18. The summed E-state index contributed by atoms with van der Waals surface area (Å²) in [6.07, 6.45) is 5.27. The highest BCUT2D eigenvalue weighted by atomic mass is 16.5. The van der Waals surface area contributed by atoms with Gasteiger partial charge in [-0.2, -0.15) is 5.10 Å². The first kappa shape index (κ1) is 24.1. The molecule has 0 saturated heterocycles. The van der Waals surface area contributed by atoms with Crippen molar-refractivity contribution >= 4 is 17.6 Å². The van der Waals surface area contributed by atoms with Crippen LogP contribution >= 0.6 is 0 Å². The predicted molar refractivity (Wildman–Crippen MR) is 131 cm³/mol. The van der Waals surface area contributed by atoms with E-state index in [1.807, 2.05) is 39.0 Å². The van der Waals surface area contributed by atoms with Crippen molar-refractivity contribution in [3.05, 3.63) is 64.0 Å². The summed E-state index contributed by atoms with van der Waals surface area (Å²) in [6, 6.07) is 2.78. The number of carbonyl (C=O) groups is 2. The molecule has 36 heavy (non-hydrogen) atoms. The first-order valence-corrected chi connectivity index (χ1v) is 11.8. The van der Waals surface area contributed by atoms with E-state index in [4.69, 9.17) is 15.2 Å². The molecule has 3 amide bonds. The van der Waals surface area contributed by atoms with E-state index in [0.717, 1.165) is 16.7 Å². The molecule has 190 valence electrons. The van der Waals surface area contributed by atoms with Crippen LogP contribution in [-0.4, -0.2) is 46.7 Å². The number of hydrogen-bond donors (Lipinski definition) is 5. The number of allylic oxidation sites excluding steroid dienone is 3. The van der Waals surface area contributed by atoms with E-state index in [-0.39, 0.29) is 19.1 Å². The molecule has 1 aromatic rings. The van der Waals surface area contributed by atoms with Gasteiger partial charge in [0.2, 0.25) is 0 Å². The topological polar surface area (TPSA) is 156 Å². The fourth-order valence-corrected chi connectivity index (χ4v) is 5.93. The maximum absolute atomic E-state index is 12.4. The standard InChI is InChI=1S/C26H30N4O6/c1-13-5-8-17-24(2,3)20(29-30-23(27)34)16(35-10-9-31)12-26(17)25(13,4)11-14-6-7-15-18(19(14)36-26)22(33)28-21(15)32/h5-8,12,22,31,33H,9-11H2,1-4H3,(H,28,32)(H3,27,30,34). The highest BCUT2D eigenvalue weighted by molar-refractivity contribution is 6.07. The summed E-state index contributed by atoms with van der Waals surface area (Å²) in [5.41, 5.74) is 9.19. The molecule has 2 aliphatic heterocycles. The van der Waals surface area contributed by atoms with Crippen LogP contribution in [0.5, 0.6) is 5.75 Å². The number of hydrazone groups is 1. The lowest BCUT2D eigenvalue weighted by Gasteiger charge is -2.58. The zero-order valence-electron chi connectivity index (χ0n) is 20.6. The van der Waals surface area contributed by atoms with E-state index in [9.17, 15) is 19.8 Å². The number of benzene rings is 1. The van der Waals surface area contributed by atoms with Gasteiger partial charge in [-0.3, -0.25) is 4.79 Å². The van der Waals surface area contributed by atoms with Crippen molar-refractivity contribution in [1.29, 1.82) is 0 Å². The number of nitrogens with two attached hydrogens (primary N) is 1. The SMILES string of the molecule is CC1=CC=C2C(C)(C)C(=NNC(N)=O)C(OCCO)=CC23Oc2c(ccc4c2C(O)NC4=O)CC13C. The number of urea groups is 1. The van der Waals surface area contributed by atoms with E-state index in [1.165, 1.54) is 0 Å². The molecule has 0 radical (unpaired) electrons. The Balaban J connectivity index is 1.79. The van der Waals surface area contributed by atoms with Gasteiger partial charge < -0.3 is 30.7 Å². The summed E-state index contributed by atoms with van der Waals surface area (Å²) in [5.74, 6) is 0.441. The Hall–Kier alpha value is -3.63. The molecule has 2 aliphatic carbocycles. The molecule has 0 fully saturated rings. The van der Waals surface area contributed by atoms with Crippen LogP contribution in [-0.2, 0) is 11.2 Å². The fourth-order valence-electron chi connectivity index (χ4n) is 5.93. The van der Waals surface area contributed by atoms with Gasteiger partial charge in [0.25, 0.3) is 5.91 Å². The molecule has 10 heteroatoms. The van der Waals surface area contributed by atoms with Crippen molar-refractivity contribution < 1.29 is 29.3 Å². The summed E-state index contributed by atoms with van der Waals surface area (Å²) < 4.78 is 12.9. The van der Waals surface area contributed by atoms with Crippen LogP contribution in [0.15, 0.2) is 52.4 Å². The van der Waals surface area contributed by atoms with Crippen molar-refractivity contribution in [3.63, 3.8) is 0 Å². The Kier molecular flexibility index (Phi) is 5.31. The predicted octanol–water partition coefficient (Wildman–Crippen LogP) is 1.94. The summed E-state index contributed by atoms with van der Waals surface area (Å²) >= 11 is 0. The zero-order valence-corrected chi connectivity index (χ0v) is 20.6. The molecule has 0 saturated carbocycles. The van der Waals surface area contributed by atoms with Gasteiger partial charge in [0.05, 0.1) is 17.7 Å². The molecular weight excluding hydrogens is 464 g/mol. The van der Waals surface area contributed by atoms with Crippen molar-refractivity contribution in [2.75, 3.05) is 13.2 Å². The van der Waals surface area contributed by atoms with Gasteiger partial charge in [0.1, 0.15) is 23.8 Å². The molecule has 3 atom stereocenters. The lowest BCUT2D eigenvalue weighted by atomic mass is 9.52. The number of primary amides is 1. The van der Waals surface area contributed by atoms with Crippen LogP contribution < -0.4 is 21.2 Å². The second-order valence-electron chi connectivity index (χ2n) is 10.3. The van der Waals surface area contributed by atoms with Gasteiger partial charge in [-0.1, -0.05) is 44.6 Å². The highest BCUT2D eigenvalue weighted by Crippen LogP contribution is 2.62. The third-order valence-electron chi connectivity index (χ3n) is 7.92. The van der Waals surface area contributed by atoms with Crippen LogP contribution in [0, 0.1) is 10.8 Å². The minimum absolute atomic E-state index is 0.00128. The number of ether oxygens (including phenoxy) is 2. The monoisotopic (exact) mass is 494 g/mol. The molecule has 3 unspecified atom stereocenters. The maximum atomic E-state index is 12.4. The molecule has 6 N–H and O–H groups in total. The number of rotatable bonds is 4.